The van der Waals surface area contributed by atoms with Crippen molar-refractivity contribution in [2.75, 3.05) is 5.32 Å². The smallest absolute Gasteiger partial charge is 0.229 e. The minimum absolute atomic E-state index is 0.105. The van der Waals surface area contributed by atoms with E-state index in [2.05, 4.69) is 15.3 Å². The molecule has 4 nitrogen and oxygen atoms in total. The lowest BCUT2D eigenvalue weighted by Crippen LogP contribution is -2.27. The van der Waals surface area contributed by atoms with Gasteiger partial charge in [-0.2, -0.15) is 0 Å². The summed E-state index contributed by atoms with van der Waals surface area (Å²) in [4.78, 5) is 20.3. The number of carbonyl (C=O) groups excluding carboxylic acids is 1. The number of carbonyl (C=O) groups is 1. The van der Waals surface area contributed by atoms with Crippen LogP contribution < -0.4 is 5.32 Å². The van der Waals surface area contributed by atoms with Crippen LogP contribution in [0.5, 0.6) is 0 Å². The van der Waals surface area contributed by atoms with E-state index in [0.29, 0.717) is 5.13 Å². The summed E-state index contributed by atoms with van der Waals surface area (Å²) in [6.07, 6.45) is 6.68. The molecule has 0 radical (unpaired) electrons. The molecular formula is C13H13N3OS. The van der Waals surface area contributed by atoms with Crippen LogP contribution in [0.1, 0.15) is 19.3 Å². The highest BCUT2D eigenvalue weighted by Crippen LogP contribution is 2.29. The maximum atomic E-state index is 11.8. The third kappa shape index (κ3) is 2.26. The second kappa shape index (κ2) is 4.86. The second-order valence-electron chi connectivity index (χ2n) is 4.40. The van der Waals surface area contributed by atoms with Gasteiger partial charge in [0, 0.05) is 29.3 Å². The van der Waals surface area contributed by atoms with Crippen LogP contribution in [-0.4, -0.2) is 15.9 Å². The molecule has 5 heteroatoms. The molecule has 0 spiro atoms. The quantitative estimate of drug-likeness (QED) is 0.922. The number of rotatable bonds is 3. The van der Waals surface area contributed by atoms with Crippen LogP contribution in [-0.2, 0) is 4.79 Å². The molecule has 0 aliphatic heterocycles. The lowest BCUT2D eigenvalue weighted by molar-refractivity contribution is -0.122. The Hall–Kier alpha value is -1.75. The zero-order chi connectivity index (χ0) is 12.4. The molecule has 2 aromatic heterocycles. The topological polar surface area (TPSA) is 54.9 Å². The molecule has 1 fully saturated rings. The monoisotopic (exact) mass is 259 g/mol. The predicted octanol–water partition coefficient (Wildman–Crippen LogP) is 2.94. The maximum Gasteiger partial charge on any atom is 0.229 e. The summed E-state index contributed by atoms with van der Waals surface area (Å²) in [6.45, 7) is 0. The van der Waals surface area contributed by atoms with Gasteiger partial charge >= 0.3 is 0 Å². The Kier molecular flexibility index (Phi) is 3.06. The second-order valence-corrected chi connectivity index (χ2v) is 5.25. The minimum atomic E-state index is 0.105. The van der Waals surface area contributed by atoms with E-state index in [9.17, 15) is 4.79 Å². The molecule has 1 N–H and O–H groups in total. The highest BCUT2D eigenvalue weighted by atomic mass is 32.1. The van der Waals surface area contributed by atoms with E-state index in [4.69, 9.17) is 0 Å². The molecule has 1 saturated carbocycles. The number of thiazole rings is 1. The summed E-state index contributed by atoms with van der Waals surface area (Å²) in [5.41, 5.74) is 1.83. The molecule has 1 aliphatic carbocycles. The fraction of sp³-hybridized carbons (Fsp3) is 0.308. The molecule has 18 heavy (non-hydrogen) atoms. The van der Waals surface area contributed by atoms with E-state index < -0.39 is 0 Å². The largest absolute Gasteiger partial charge is 0.302 e. The van der Waals surface area contributed by atoms with Gasteiger partial charge in [-0.25, -0.2) is 4.98 Å². The van der Waals surface area contributed by atoms with Crippen LogP contribution in [0.25, 0.3) is 11.3 Å². The summed E-state index contributed by atoms with van der Waals surface area (Å²) >= 11 is 1.45. The number of aromatic nitrogens is 2. The van der Waals surface area contributed by atoms with Crippen molar-refractivity contribution in [1.82, 2.24) is 9.97 Å². The van der Waals surface area contributed by atoms with E-state index in [1.807, 2.05) is 17.5 Å². The van der Waals surface area contributed by atoms with E-state index in [1.165, 1.54) is 11.3 Å². The van der Waals surface area contributed by atoms with Crippen molar-refractivity contribution in [3.63, 3.8) is 0 Å². The summed E-state index contributed by atoms with van der Waals surface area (Å²) in [7, 11) is 0. The van der Waals surface area contributed by atoms with Crippen LogP contribution in [0.2, 0.25) is 0 Å². The molecular weight excluding hydrogens is 246 g/mol. The molecule has 92 valence electrons. The number of anilines is 1. The molecule has 0 saturated heterocycles. The summed E-state index contributed by atoms with van der Waals surface area (Å²) < 4.78 is 0. The molecule has 0 unspecified atom stereocenters. The van der Waals surface area contributed by atoms with Crippen molar-refractivity contribution in [3.8, 4) is 11.3 Å². The van der Waals surface area contributed by atoms with Gasteiger partial charge in [-0.05, 0) is 25.0 Å². The highest BCUT2D eigenvalue weighted by molar-refractivity contribution is 7.14. The molecule has 0 bridgehead atoms. The van der Waals surface area contributed by atoms with Gasteiger partial charge in [0.1, 0.15) is 0 Å². The van der Waals surface area contributed by atoms with Gasteiger partial charge in [0.15, 0.2) is 5.13 Å². The zero-order valence-corrected chi connectivity index (χ0v) is 10.6. The SMILES string of the molecule is O=C(Nc1nc(-c2cccnc2)cs1)C1CCC1. The number of hydrogen-bond acceptors (Lipinski definition) is 4. The van der Waals surface area contributed by atoms with E-state index in [1.54, 1.807) is 12.4 Å². The molecule has 1 amide bonds. The van der Waals surface area contributed by atoms with Gasteiger partial charge in [-0.15, -0.1) is 11.3 Å². The van der Waals surface area contributed by atoms with Crippen LogP contribution in [0.15, 0.2) is 29.9 Å². The van der Waals surface area contributed by atoms with Crippen molar-refractivity contribution >= 4 is 22.4 Å². The average molecular weight is 259 g/mol. The molecule has 0 atom stereocenters. The summed E-state index contributed by atoms with van der Waals surface area (Å²) in [5, 5.41) is 5.49. The Morgan fingerprint density at radius 1 is 1.44 bits per heavy atom. The molecule has 3 rings (SSSR count). The third-order valence-corrected chi connectivity index (χ3v) is 3.93. The van der Waals surface area contributed by atoms with Crippen molar-refractivity contribution in [1.29, 1.82) is 0 Å². The van der Waals surface area contributed by atoms with Crippen LogP contribution in [0.4, 0.5) is 5.13 Å². The minimum Gasteiger partial charge on any atom is -0.302 e. The Balaban J connectivity index is 1.71. The highest BCUT2D eigenvalue weighted by Gasteiger charge is 2.25. The standard InChI is InChI=1S/C13H13N3OS/c17-12(9-3-1-4-9)16-13-15-11(8-18-13)10-5-2-6-14-7-10/h2,5-9H,1,3-4H2,(H,15,16,17). The number of hydrogen-bond donors (Lipinski definition) is 1. The molecule has 1 aliphatic rings. The van der Waals surface area contributed by atoms with Gasteiger partial charge in [0.2, 0.25) is 5.91 Å². The van der Waals surface area contributed by atoms with Crippen molar-refractivity contribution < 1.29 is 4.79 Å². The predicted molar refractivity (Wildman–Crippen MR) is 71.3 cm³/mol. The van der Waals surface area contributed by atoms with Gasteiger partial charge in [0.25, 0.3) is 0 Å². The molecule has 2 heterocycles. The Labute approximate surface area is 109 Å². The lowest BCUT2D eigenvalue weighted by atomic mass is 9.85. The van der Waals surface area contributed by atoms with Crippen LogP contribution >= 0.6 is 11.3 Å². The number of pyridine rings is 1. The Morgan fingerprint density at radius 2 is 2.33 bits per heavy atom. The van der Waals surface area contributed by atoms with Crippen LogP contribution in [0, 0.1) is 5.92 Å². The summed E-state index contributed by atoms with van der Waals surface area (Å²) in [6, 6.07) is 3.83. The fourth-order valence-electron chi connectivity index (χ4n) is 1.86. The van der Waals surface area contributed by atoms with Crippen molar-refractivity contribution in [2.24, 2.45) is 5.92 Å². The first-order valence-corrected chi connectivity index (χ1v) is 6.88. The molecule has 0 aromatic carbocycles. The zero-order valence-electron chi connectivity index (χ0n) is 9.80. The van der Waals surface area contributed by atoms with E-state index in [-0.39, 0.29) is 11.8 Å². The van der Waals surface area contributed by atoms with Crippen molar-refractivity contribution in [2.45, 2.75) is 19.3 Å². The first-order chi connectivity index (χ1) is 8.83. The number of nitrogens with zero attached hydrogens (tertiary/aromatic N) is 2. The van der Waals surface area contributed by atoms with Gasteiger partial charge in [-0.1, -0.05) is 6.42 Å². The van der Waals surface area contributed by atoms with E-state index >= 15 is 0 Å². The van der Waals surface area contributed by atoms with E-state index in [0.717, 1.165) is 30.5 Å². The number of amides is 1. The summed E-state index contributed by atoms with van der Waals surface area (Å²) in [5.74, 6) is 0.295. The Bertz CT molecular complexity index is 548. The normalized spacial score (nSPS) is 15.1. The van der Waals surface area contributed by atoms with Gasteiger partial charge in [0.05, 0.1) is 5.69 Å². The van der Waals surface area contributed by atoms with Crippen molar-refractivity contribution in [3.05, 3.63) is 29.9 Å². The third-order valence-electron chi connectivity index (χ3n) is 3.17. The van der Waals surface area contributed by atoms with Gasteiger partial charge < -0.3 is 5.32 Å². The molecule has 2 aromatic rings. The fourth-order valence-corrected chi connectivity index (χ4v) is 2.58. The maximum absolute atomic E-state index is 11.8. The number of nitrogens with one attached hydrogen (secondary N) is 1. The first-order valence-electron chi connectivity index (χ1n) is 6.00. The Morgan fingerprint density at radius 3 is 3.00 bits per heavy atom. The van der Waals surface area contributed by atoms with Crippen LogP contribution in [0.3, 0.4) is 0 Å². The lowest BCUT2D eigenvalue weighted by Gasteiger charge is -2.23. The average Bonchev–Trinajstić information content (AvgIpc) is 2.76. The van der Waals surface area contributed by atoms with Gasteiger partial charge in [-0.3, -0.25) is 9.78 Å². The first kappa shape index (κ1) is 11.3.